The maximum atomic E-state index is 12.4. The van der Waals surface area contributed by atoms with E-state index in [1.54, 1.807) is 19.5 Å². The smallest absolute Gasteiger partial charge is 0.291 e. The second kappa shape index (κ2) is 8.65. The number of carbonyl (C=O) groups is 1. The fraction of sp³-hybridized carbons (Fsp3) is 0.217. The Morgan fingerprint density at radius 1 is 1.10 bits per heavy atom. The summed E-state index contributed by atoms with van der Waals surface area (Å²) in [4.78, 5) is 20.9. The molecule has 0 fully saturated rings. The molecule has 0 aliphatic rings. The molecule has 3 aromatic rings. The van der Waals surface area contributed by atoms with Crippen LogP contribution in [-0.2, 0) is 5.41 Å². The van der Waals surface area contributed by atoms with E-state index in [2.05, 4.69) is 53.4 Å². The fourth-order valence-corrected chi connectivity index (χ4v) is 2.68. The number of rotatable bonds is 5. The molecule has 0 radical (unpaired) electrons. The molecule has 6 nitrogen and oxygen atoms in total. The van der Waals surface area contributed by atoms with Gasteiger partial charge in [-0.15, -0.1) is 0 Å². The molecule has 148 valence electrons. The number of hydrogen-bond acceptors (Lipinski definition) is 5. The number of aromatic nitrogens is 2. The van der Waals surface area contributed by atoms with Crippen molar-refractivity contribution in [3.8, 4) is 17.0 Å². The van der Waals surface area contributed by atoms with Crippen LogP contribution in [0.1, 0.15) is 42.4 Å². The summed E-state index contributed by atoms with van der Waals surface area (Å²) in [5.74, 6) is 0.330. The first-order chi connectivity index (χ1) is 13.9. The molecule has 1 amide bonds. The molecule has 2 aromatic carbocycles. The van der Waals surface area contributed by atoms with Crippen molar-refractivity contribution in [3.63, 3.8) is 0 Å². The summed E-state index contributed by atoms with van der Waals surface area (Å²) in [6.07, 6.45) is 4.64. The highest BCUT2D eigenvalue weighted by atomic mass is 16.5. The number of carbonyl (C=O) groups excluding carboxylic acids is 1. The minimum atomic E-state index is -0.420. The van der Waals surface area contributed by atoms with Crippen LogP contribution in [0, 0.1) is 0 Å². The number of hydrogen-bond donors (Lipinski definition) is 1. The molecular formula is C23H24N4O2. The van der Waals surface area contributed by atoms with Crippen LogP contribution in [-0.4, -0.2) is 29.2 Å². The van der Waals surface area contributed by atoms with Gasteiger partial charge in [-0.3, -0.25) is 9.78 Å². The highest BCUT2D eigenvalue weighted by Gasteiger charge is 2.13. The van der Waals surface area contributed by atoms with E-state index < -0.39 is 5.91 Å². The van der Waals surface area contributed by atoms with Gasteiger partial charge in [-0.2, -0.15) is 5.10 Å². The molecule has 0 atom stereocenters. The zero-order valence-electron chi connectivity index (χ0n) is 17.0. The van der Waals surface area contributed by atoms with Crippen molar-refractivity contribution in [2.75, 3.05) is 7.11 Å². The lowest BCUT2D eigenvalue weighted by atomic mass is 9.86. The van der Waals surface area contributed by atoms with Crippen molar-refractivity contribution in [3.05, 3.63) is 77.7 Å². The molecule has 0 bridgehead atoms. The Morgan fingerprint density at radius 3 is 2.55 bits per heavy atom. The van der Waals surface area contributed by atoms with E-state index in [0.29, 0.717) is 5.69 Å². The monoisotopic (exact) mass is 388 g/mol. The van der Waals surface area contributed by atoms with Crippen molar-refractivity contribution in [1.82, 2.24) is 15.4 Å². The predicted octanol–water partition coefficient (Wildman–Crippen LogP) is 4.21. The van der Waals surface area contributed by atoms with Crippen LogP contribution >= 0.6 is 0 Å². The van der Waals surface area contributed by atoms with Crippen molar-refractivity contribution in [1.29, 1.82) is 0 Å². The molecule has 6 heteroatoms. The number of methoxy groups -OCH3 is 1. The van der Waals surface area contributed by atoms with E-state index in [0.717, 1.165) is 16.9 Å². The van der Waals surface area contributed by atoms with Crippen molar-refractivity contribution >= 4 is 12.1 Å². The number of benzene rings is 2. The zero-order valence-corrected chi connectivity index (χ0v) is 17.0. The van der Waals surface area contributed by atoms with Crippen LogP contribution < -0.4 is 10.2 Å². The van der Waals surface area contributed by atoms with Crippen molar-refractivity contribution in [2.24, 2.45) is 5.10 Å². The third kappa shape index (κ3) is 5.25. The predicted molar refractivity (Wildman–Crippen MR) is 114 cm³/mol. The molecule has 0 unspecified atom stereocenters. The van der Waals surface area contributed by atoms with Crippen LogP contribution in [0.4, 0.5) is 0 Å². The summed E-state index contributed by atoms with van der Waals surface area (Å²) in [6.45, 7) is 6.46. The molecule has 0 saturated carbocycles. The number of hydrazone groups is 1. The van der Waals surface area contributed by atoms with Crippen LogP contribution in [0.25, 0.3) is 11.3 Å². The maximum absolute atomic E-state index is 12.4. The van der Waals surface area contributed by atoms with Gasteiger partial charge < -0.3 is 4.74 Å². The van der Waals surface area contributed by atoms with Crippen LogP contribution in [0.15, 0.2) is 66.0 Å². The van der Waals surface area contributed by atoms with Crippen LogP contribution in [0.2, 0.25) is 0 Å². The highest BCUT2D eigenvalue weighted by molar-refractivity contribution is 5.93. The summed E-state index contributed by atoms with van der Waals surface area (Å²) in [5.41, 5.74) is 6.31. The average molecular weight is 388 g/mol. The minimum absolute atomic E-state index is 0.0462. The maximum Gasteiger partial charge on any atom is 0.291 e. The van der Waals surface area contributed by atoms with E-state index in [-0.39, 0.29) is 11.1 Å². The van der Waals surface area contributed by atoms with Gasteiger partial charge in [0.05, 0.1) is 31.4 Å². The van der Waals surface area contributed by atoms with Gasteiger partial charge in [-0.1, -0.05) is 39.0 Å². The molecule has 29 heavy (non-hydrogen) atoms. The Labute approximate surface area is 170 Å². The summed E-state index contributed by atoms with van der Waals surface area (Å²) in [6, 6.07) is 15.5. The molecule has 3 rings (SSSR count). The summed E-state index contributed by atoms with van der Waals surface area (Å²) < 4.78 is 5.16. The standard InChI is InChI=1S/C23H24N4O2/c1-23(2,3)18-7-5-6-16(12-18)13-25-27-22(28)21-15-24-14-20(26-21)17-8-10-19(29-4)11-9-17/h5-15H,1-4H3,(H,27,28). The molecule has 1 heterocycles. The molecule has 0 aliphatic heterocycles. The second-order valence-corrected chi connectivity index (χ2v) is 7.59. The lowest BCUT2D eigenvalue weighted by molar-refractivity contribution is 0.0950. The largest absolute Gasteiger partial charge is 0.497 e. The van der Waals surface area contributed by atoms with E-state index in [1.807, 2.05) is 36.4 Å². The van der Waals surface area contributed by atoms with Gasteiger partial charge >= 0.3 is 0 Å². The fourth-order valence-electron chi connectivity index (χ4n) is 2.68. The van der Waals surface area contributed by atoms with E-state index in [1.165, 1.54) is 11.8 Å². The molecule has 0 spiro atoms. The normalized spacial score (nSPS) is 11.4. The zero-order chi connectivity index (χ0) is 20.9. The van der Waals surface area contributed by atoms with Gasteiger partial charge in [-0.05, 0) is 46.9 Å². The van der Waals surface area contributed by atoms with Gasteiger partial charge in [0.25, 0.3) is 5.91 Å². The Morgan fingerprint density at radius 2 is 1.86 bits per heavy atom. The third-order valence-electron chi connectivity index (χ3n) is 4.39. The lowest BCUT2D eigenvalue weighted by Crippen LogP contribution is -2.19. The molecule has 1 aromatic heterocycles. The van der Waals surface area contributed by atoms with Crippen molar-refractivity contribution in [2.45, 2.75) is 26.2 Å². The Hall–Kier alpha value is -3.54. The Bertz CT molecular complexity index is 1020. The molecule has 1 N–H and O–H groups in total. The Kier molecular flexibility index (Phi) is 6.02. The quantitative estimate of drug-likeness (QED) is 0.525. The van der Waals surface area contributed by atoms with Gasteiger partial charge in [0.2, 0.25) is 0 Å². The van der Waals surface area contributed by atoms with Crippen LogP contribution in [0.3, 0.4) is 0 Å². The SMILES string of the molecule is COc1ccc(-c2cncc(C(=O)NN=Cc3cccc(C(C)(C)C)c3)n2)cc1. The van der Waals surface area contributed by atoms with E-state index in [9.17, 15) is 4.79 Å². The summed E-state index contributed by atoms with van der Waals surface area (Å²) in [5, 5.41) is 4.06. The van der Waals surface area contributed by atoms with Gasteiger partial charge in [0, 0.05) is 5.56 Å². The average Bonchev–Trinajstić information content (AvgIpc) is 2.73. The minimum Gasteiger partial charge on any atom is -0.497 e. The molecular weight excluding hydrogens is 364 g/mol. The first-order valence-electron chi connectivity index (χ1n) is 9.27. The van der Waals surface area contributed by atoms with Gasteiger partial charge in [0.1, 0.15) is 11.4 Å². The van der Waals surface area contributed by atoms with Gasteiger partial charge in [-0.25, -0.2) is 10.4 Å². The summed E-state index contributed by atoms with van der Waals surface area (Å²) >= 11 is 0. The lowest BCUT2D eigenvalue weighted by Gasteiger charge is -2.19. The van der Waals surface area contributed by atoms with Crippen LogP contribution in [0.5, 0.6) is 5.75 Å². The van der Waals surface area contributed by atoms with E-state index in [4.69, 9.17) is 4.74 Å². The highest BCUT2D eigenvalue weighted by Crippen LogP contribution is 2.22. The van der Waals surface area contributed by atoms with E-state index >= 15 is 0 Å². The van der Waals surface area contributed by atoms with Gasteiger partial charge in [0.15, 0.2) is 0 Å². The summed E-state index contributed by atoms with van der Waals surface area (Å²) in [7, 11) is 1.61. The second-order valence-electron chi connectivity index (χ2n) is 7.59. The molecule has 0 saturated heterocycles. The number of ether oxygens (including phenoxy) is 1. The number of nitrogens with one attached hydrogen (secondary N) is 1. The third-order valence-corrected chi connectivity index (χ3v) is 4.39. The Balaban J connectivity index is 1.70. The number of amides is 1. The topological polar surface area (TPSA) is 76.5 Å². The first-order valence-corrected chi connectivity index (χ1v) is 9.27. The molecule has 0 aliphatic carbocycles. The first kappa shape index (κ1) is 20.2. The van der Waals surface area contributed by atoms with Crippen molar-refractivity contribution < 1.29 is 9.53 Å². The number of nitrogens with zero attached hydrogens (tertiary/aromatic N) is 3.